The van der Waals surface area contributed by atoms with Gasteiger partial charge in [0.2, 0.25) is 0 Å². The molecule has 0 aromatic heterocycles. The van der Waals surface area contributed by atoms with Gasteiger partial charge < -0.3 is 5.73 Å². The zero-order valence-electron chi connectivity index (χ0n) is 13.0. The number of nitrogens with zero attached hydrogens (tertiary/aromatic N) is 1. The van der Waals surface area contributed by atoms with Crippen molar-refractivity contribution in [2.75, 3.05) is 13.1 Å². The van der Waals surface area contributed by atoms with Gasteiger partial charge in [-0.2, -0.15) is 17.4 Å². The van der Waals surface area contributed by atoms with Gasteiger partial charge in [-0.3, -0.25) is 0 Å². The summed E-state index contributed by atoms with van der Waals surface area (Å²) >= 11 is 0. The molecule has 0 fully saturated rings. The van der Waals surface area contributed by atoms with Gasteiger partial charge in [0.1, 0.15) is 0 Å². The third kappa shape index (κ3) is 6.13. The average molecular weight is 313 g/mol. The van der Waals surface area contributed by atoms with E-state index in [-0.39, 0.29) is 6.04 Å². The van der Waals surface area contributed by atoms with Gasteiger partial charge in [-0.25, -0.2) is 0 Å². The lowest BCUT2D eigenvalue weighted by atomic mass is 10.1. The first-order chi connectivity index (χ1) is 10.0. The van der Waals surface area contributed by atoms with E-state index >= 15 is 0 Å². The highest BCUT2D eigenvalue weighted by Crippen LogP contribution is 2.09. The summed E-state index contributed by atoms with van der Waals surface area (Å²) in [6.45, 7) is 5.04. The van der Waals surface area contributed by atoms with E-state index in [1.165, 1.54) is 4.31 Å². The lowest BCUT2D eigenvalue weighted by Crippen LogP contribution is -2.47. The first-order valence-corrected chi connectivity index (χ1v) is 8.98. The third-order valence-electron chi connectivity index (χ3n) is 3.40. The van der Waals surface area contributed by atoms with Crippen molar-refractivity contribution in [2.45, 2.75) is 45.7 Å². The SMILES string of the molecule is CCCCC(CN)NS(=O)(=O)N(CC)Cc1ccccc1. The fourth-order valence-corrected chi connectivity index (χ4v) is 3.56. The lowest BCUT2D eigenvalue weighted by molar-refractivity contribution is 0.402. The van der Waals surface area contributed by atoms with Crippen LogP contribution in [-0.2, 0) is 16.8 Å². The van der Waals surface area contributed by atoms with Crippen LogP contribution in [0.25, 0.3) is 0 Å². The molecule has 3 N–H and O–H groups in total. The Morgan fingerprint density at radius 2 is 1.90 bits per heavy atom. The molecule has 21 heavy (non-hydrogen) atoms. The summed E-state index contributed by atoms with van der Waals surface area (Å²) in [6.07, 6.45) is 2.77. The number of unbranched alkanes of at least 4 members (excludes halogenated alkanes) is 1. The molecule has 0 bridgehead atoms. The Hall–Kier alpha value is -0.950. The average Bonchev–Trinajstić information content (AvgIpc) is 2.49. The molecule has 1 rings (SSSR count). The van der Waals surface area contributed by atoms with Gasteiger partial charge in [-0.15, -0.1) is 0 Å². The molecule has 0 aliphatic carbocycles. The second-order valence-corrected chi connectivity index (χ2v) is 6.81. The van der Waals surface area contributed by atoms with Gasteiger partial charge in [0, 0.05) is 25.7 Å². The maximum Gasteiger partial charge on any atom is 0.280 e. The number of hydrogen-bond acceptors (Lipinski definition) is 3. The Bertz CT molecular complexity index is 491. The van der Waals surface area contributed by atoms with Crippen molar-refractivity contribution >= 4 is 10.2 Å². The first-order valence-electron chi connectivity index (χ1n) is 7.54. The number of benzene rings is 1. The number of nitrogens with two attached hydrogens (primary N) is 1. The van der Waals surface area contributed by atoms with Crippen LogP contribution in [0.5, 0.6) is 0 Å². The molecule has 0 radical (unpaired) electrons. The van der Waals surface area contributed by atoms with Crippen LogP contribution in [0, 0.1) is 0 Å². The molecule has 0 saturated heterocycles. The van der Waals surface area contributed by atoms with E-state index in [9.17, 15) is 8.42 Å². The van der Waals surface area contributed by atoms with Gasteiger partial charge in [0.15, 0.2) is 0 Å². The minimum Gasteiger partial charge on any atom is -0.329 e. The van der Waals surface area contributed by atoms with Gasteiger partial charge >= 0.3 is 0 Å². The van der Waals surface area contributed by atoms with Crippen molar-refractivity contribution in [1.82, 2.24) is 9.03 Å². The summed E-state index contributed by atoms with van der Waals surface area (Å²) < 4.78 is 29.1. The van der Waals surface area contributed by atoms with Crippen molar-refractivity contribution < 1.29 is 8.42 Å². The fraction of sp³-hybridized carbons (Fsp3) is 0.600. The molecular weight excluding hydrogens is 286 g/mol. The molecule has 120 valence electrons. The van der Waals surface area contributed by atoms with E-state index in [1.807, 2.05) is 37.3 Å². The zero-order chi connectivity index (χ0) is 15.7. The minimum atomic E-state index is -3.51. The fourth-order valence-electron chi connectivity index (χ4n) is 2.11. The van der Waals surface area contributed by atoms with Crippen molar-refractivity contribution in [3.05, 3.63) is 35.9 Å². The maximum atomic E-state index is 12.5. The molecule has 0 aliphatic rings. The third-order valence-corrected chi connectivity index (χ3v) is 5.10. The van der Waals surface area contributed by atoms with Crippen molar-refractivity contribution in [3.63, 3.8) is 0 Å². The summed E-state index contributed by atoms with van der Waals surface area (Å²) in [4.78, 5) is 0. The predicted octanol–water partition coefficient (Wildman–Crippen LogP) is 1.86. The molecule has 0 spiro atoms. The monoisotopic (exact) mass is 313 g/mol. The molecule has 1 aromatic carbocycles. The van der Waals surface area contributed by atoms with E-state index in [0.717, 1.165) is 24.8 Å². The van der Waals surface area contributed by atoms with Crippen LogP contribution in [0.4, 0.5) is 0 Å². The minimum absolute atomic E-state index is 0.195. The van der Waals surface area contributed by atoms with Crippen LogP contribution in [-0.4, -0.2) is 31.9 Å². The Balaban J connectivity index is 2.72. The highest BCUT2D eigenvalue weighted by Gasteiger charge is 2.23. The second-order valence-electron chi connectivity index (χ2n) is 5.11. The van der Waals surface area contributed by atoms with Gasteiger partial charge in [0.25, 0.3) is 10.2 Å². The van der Waals surface area contributed by atoms with Crippen LogP contribution in [0.1, 0.15) is 38.7 Å². The summed E-state index contributed by atoms with van der Waals surface area (Å²) in [6, 6.07) is 9.40. The van der Waals surface area contributed by atoms with E-state index in [1.54, 1.807) is 0 Å². The molecule has 1 atom stereocenters. The van der Waals surface area contributed by atoms with Crippen LogP contribution in [0.2, 0.25) is 0 Å². The molecule has 6 heteroatoms. The quantitative estimate of drug-likeness (QED) is 0.692. The number of hydrogen-bond donors (Lipinski definition) is 2. The molecule has 0 amide bonds. The number of rotatable bonds is 10. The standard InChI is InChI=1S/C15H27N3O2S/c1-3-5-11-15(12-16)17-21(19,20)18(4-2)13-14-9-7-6-8-10-14/h6-10,15,17H,3-5,11-13,16H2,1-2H3. The van der Waals surface area contributed by atoms with E-state index in [2.05, 4.69) is 11.6 Å². The summed E-state index contributed by atoms with van der Waals surface area (Å²) in [5.41, 5.74) is 6.64. The summed E-state index contributed by atoms with van der Waals surface area (Å²) in [5, 5.41) is 0. The maximum absolute atomic E-state index is 12.5. The van der Waals surface area contributed by atoms with Crippen LogP contribution >= 0.6 is 0 Å². The molecule has 0 saturated carbocycles. The van der Waals surface area contributed by atoms with Crippen LogP contribution in [0.3, 0.4) is 0 Å². The summed E-state index contributed by atoms with van der Waals surface area (Å²) in [5.74, 6) is 0. The van der Waals surface area contributed by atoms with Crippen LogP contribution < -0.4 is 10.5 Å². The summed E-state index contributed by atoms with van der Waals surface area (Å²) in [7, 11) is -3.51. The van der Waals surface area contributed by atoms with Gasteiger partial charge in [0.05, 0.1) is 0 Å². The molecule has 0 heterocycles. The largest absolute Gasteiger partial charge is 0.329 e. The lowest BCUT2D eigenvalue weighted by Gasteiger charge is -2.24. The van der Waals surface area contributed by atoms with Gasteiger partial charge in [-0.05, 0) is 12.0 Å². The van der Waals surface area contributed by atoms with Crippen molar-refractivity contribution in [1.29, 1.82) is 0 Å². The highest BCUT2D eigenvalue weighted by atomic mass is 32.2. The zero-order valence-corrected chi connectivity index (χ0v) is 13.8. The molecule has 1 aromatic rings. The molecule has 5 nitrogen and oxygen atoms in total. The van der Waals surface area contributed by atoms with E-state index < -0.39 is 10.2 Å². The van der Waals surface area contributed by atoms with Crippen LogP contribution in [0.15, 0.2) is 30.3 Å². The van der Waals surface area contributed by atoms with Crippen molar-refractivity contribution in [2.24, 2.45) is 5.73 Å². The normalized spacial score (nSPS) is 13.5. The smallest absolute Gasteiger partial charge is 0.280 e. The number of nitrogens with one attached hydrogen (secondary N) is 1. The van der Waals surface area contributed by atoms with E-state index in [4.69, 9.17) is 5.73 Å². The molecule has 1 unspecified atom stereocenters. The Labute approximate surface area is 128 Å². The Morgan fingerprint density at radius 3 is 2.43 bits per heavy atom. The van der Waals surface area contributed by atoms with E-state index in [0.29, 0.717) is 19.6 Å². The molecular formula is C15H27N3O2S. The van der Waals surface area contributed by atoms with Crippen molar-refractivity contribution in [3.8, 4) is 0 Å². The van der Waals surface area contributed by atoms with Gasteiger partial charge in [-0.1, -0.05) is 57.0 Å². The molecule has 0 aliphatic heterocycles. The second kappa shape index (κ2) is 9.15. The first kappa shape index (κ1) is 18.1. The Kier molecular flexibility index (Phi) is 7.88. The predicted molar refractivity (Wildman–Crippen MR) is 86.9 cm³/mol. The highest BCUT2D eigenvalue weighted by molar-refractivity contribution is 7.87. The Morgan fingerprint density at radius 1 is 1.24 bits per heavy atom. The topological polar surface area (TPSA) is 75.4 Å².